The first-order valence-corrected chi connectivity index (χ1v) is 8.65. The normalized spacial score (nSPS) is 12.8. The van der Waals surface area contributed by atoms with Crippen LogP contribution in [0, 0.1) is 6.92 Å². The van der Waals surface area contributed by atoms with Gasteiger partial charge in [-0.25, -0.2) is 0 Å². The van der Waals surface area contributed by atoms with E-state index in [1.165, 1.54) is 18.4 Å². The molecule has 142 valence electrons. The lowest BCUT2D eigenvalue weighted by atomic mass is 10.2. The number of halogens is 3. The zero-order chi connectivity index (χ0) is 19.6. The molecule has 0 aliphatic carbocycles. The minimum atomic E-state index is -4.48. The van der Waals surface area contributed by atoms with E-state index in [1.54, 1.807) is 19.9 Å². The molecule has 0 aliphatic heterocycles. The molecular weight excluding hydrogens is 383 g/mol. The number of thioether (sulfide) groups is 1. The summed E-state index contributed by atoms with van der Waals surface area (Å²) in [4.78, 5) is 12.2. The van der Waals surface area contributed by atoms with Gasteiger partial charge in [0.15, 0.2) is 0 Å². The smallest absolute Gasteiger partial charge is 0.416 e. The number of carbonyl (C=O) groups is 1. The lowest BCUT2D eigenvalue weighted by molar-refractivity contribution is -0.137. The molecule has 3 rings (SSSR count). The van der Waals surface area contributed by atoms with Gasteiger partial charge in [0.25, 0.3) is 11.1 Å². The van der Waals surface area contributed by atoms with Gasteiger partial charge in [0, 0.05) is 5.69 Å². The number of hydrogen-bond acceptors (Lipinski definition) is 6. The maximum atomic E-state index is 12.7. The number of anilines is 1. The van der Waals surface area contributed by atoms with Crippen molar-refractivity contribution in [3.63, 3.8) is 0 Å². The van der Waals surface area contributed by atoms with Gasteiger partial charge in [-0.15, -0.1) is 10.2 Å². The van der Waals surface area contributed by atoms with Crippen molar-refractivity contribution in [1.82, 2.24) is 10.2 Å². The van der Waals surface area contributed by atoms with E-state index < -0.39 is 22.9 Å². The fraction of sp³-hybridized carbons (Fsp3) is 0.235. The molecule has 2 heterocycles. The summed E-state index contributed by atoms with van der Waals surface area (Å²) in [6.07, 6.45) is -2.99. The molecule has 1 aromatic carbocycles. The third-order valence-electron chi connectivity index (χ3n) is 3.60. The van der Waals surface area contributed by atoms with E-state index >= 15 is 0 Å². The Labute approximate surface area is 156 Å². The van der Waals surface area contributed by atoms with Gasteiger partial charge in [-0.3, -0.25) is 4.79 Å². The van der Waals surface area contributed by atoms with Gasteiger partial charge in [-0.2, -0.15) is 13.2 Å². The van der Waals surface area contributed by atoms with Crippen LogP contribution in [0.25, 0.3) is 11.5 Å². The van der Waals surface area contributed by atoms with Crippen molar-refractivity contribution >= 4 is 23.4 Å². The molecular formula is C17H14F3N3O3S. The monoisotopic (exact) mass is 397 g/mol. The number of aryl methyl sites for hydroxylation is 1. The zero-order valence-corrected chi connectivity index (χ0v) is 15.0. The van der Waals surface area contributed by atoms with Crippen LogP contribution in [-0.4, -0.2) is 21.4 Å². The highest BCUT2D eigenvalue weighted by molar-refractivity contribution is 8.00. The number of nitrogens with zero attached hydrogens (tertiary/aromatic N) is 2. The number of amides is 1. The summed E-state index contributed by atoms with van der Waals surface area (Å²) in [5, 5.41) is 9.71. The zero-order valence-electron chi connectivity index (χ0n) is 14.2. The van der Waals surface area contributed by atoms with Crippen molar-refractivity contribution in [1.29, 1.82) is 0 Å². The van der Waals surface area contributed by atoms with Crippen molar-refractivity contribution in [2.24, 2.45) is 0 Å². The number of benzene rings is 1. The summed E-state index contributed by atoms with van der Waals surface area (Å²) in [6.45, 7) is 3.33. The maximum Gasteiger partial charge on any atom is 0.416 e. The number of rotatable bonds is 5. The molecule has 0 spiro atoms. The third-order valence-corrected chi connectivity index (χ3v) is 4.53. The van der Waals surface area contributed by atoms with Crippen molar-refractivity contribution in [2.75, 3.05) is 5.32 Å². The number of hydrogen-bond donors (Lipinski definition) is 1. The summed E-state index contributed by atoms with van der Waals surface area (Å²) < 4.78 is 48.9. The van der Waals surface area contributed by atoms with Gasteiger partial charge in [0.2, 0.25) is 5.91 Å². The highest BCUT2D eigenvalue weighted by Crippen LogP contribution is 2.31. The molecule has 0 bridgehead atoms. The Balaban J connectivity index is 1.65. The van der Waals surface area contributed by atoms with Crippen LogP contribution in [0.5, 0.6) is 0 Å². The molecule has 3 aromatic rings. The maximum absolute atomic E-state index is 12.7. The molecule has 0 unspecified atom stereocenters. The summed E-state index contributed by atoms with van der Waals surface area (Å²) in [5.41, 5.74) is -0.129. The van der Waals surface area contributed by atoms with Crippen molar-refractivity contribution < 1.29 is 26.8 Å². The molecule has 10 heteroatoms. The highest BCUT2D eigenvalue weighted by atomic mass is 32.2. The molecule has 2 aromatic heterocycles. The van der Waals surface area contributed by atoms with E-state index in [-0.39, 0.29) is 16.8 Å². The van der Waals surface area contributed by atoms with Gasteiger partial charge < -0.3 is 14.2 Å². The van der Waals surface area contributed by atoms with Crippen LogP contribution in [0.1, 0.15) is 18.2 Å². The Hall–Kier alpha value is -2.75. The fourth-order valence-electron chi connectivity index (χ4n) is 2.19. The first-order valence-electron chi connectivity index (χ1n) is 7.77. The average Bonchev–Trinajstić information content (AvgIpc) is 3.23. The Kier molecular flexibility index (Phi) is 5.26. The average molecular weight is 397 g/mol. The molecule has 1 atom stereocenters. The predicted octanol–water partition coefficient (Wildman–Crippen LogP) is 4.78. The van der Waals surface area contributed by atoms with Gasteiger partial charge in [0.1, 0.15) is 5.76 Å². The fourth-order valence-corrected chi connectivity index (χ4v) is 2.88. The largest absolute Gasteiger partial charge is 0.469 e. The number of nitrogens with one attached hydrogen (secondary N) is 1. The number of furan rings is 1. The van der Waals surface area contributed by atoms with Crippen LogP contribution < -0.4 is 5.32 Å². The molecule has 0 fully saturated rings. The summed E-state index contributed by atoms with van der Waals surface area (Å²) >= 11 is 0.999. The second-order valence-electron chi connectivity index (χ2n) is 5.59. The Morgan fingerprint density at radius 1 is 1.26 bits per heavy atom. The molecule has 27 heavy (non-hydrogen) atoms. The topological polar surface area (TPSA) is 81.2 Å². The second kappa shape index (κ2) is 7.47. The summed E-state index contributed by atoms with van der Waals surface area (Å²) in [7, 11) is 0. The minimum Gasteiger partial charge on any atom is -0.469 e. The molecule has 0 aliphatic rings. The minimum absolute atomic E-state index is 0.0579. The standard InChI is InChI=1S/C17H14F3N3O3S/c1-9-13(6-7-25-9)15-22-23-16(26-15)27-10(2)14(24)21-12-5-3-4-11(8-12)17(18,19)20/h3-8,10H,1-2H3,(H,21,24)/t10-/m1/s1. The number of carbonyl (C=O) groups excluding carboxylic acids is 1. The van der Waals surface area contributed by atoms with Gasteiger partial charge in [-0.1, -0.05) is 17.8 Å². The Bertz CT molecular complexity index is 952. The Morgan fingerprint density at radius 3 is 2.70 bits per heavy atom. The summed E-state index contributed by atoms with van der Waals surface area (Å²) in [5.74, 6) is 0.387. The van der Waals surface area contributed by atoms with Crippen LogP contribution in [-0.2, 0) is 11.0 Å². The van der Waals surface area contributed by atoms with E-state index in [1.807, 2.05) is 0 Å². The highest BCUT2D eigenvalue weighted by Gasteiger charge is 2.30. The van der Waals surface area contributed by atoms with E-state index in [4.69, 9.17) is 8.83 Å². The molecule has 0 saturated carbocycles. The predicted molar refractivity (Wildman–Crippen MR) is 92.1 cm³/mol. The van der Waals surface area contributed by atoms with Crippen molar-refractivity contribution in [3.8, 4) is 11.5 Å². The molecule has 0 saturated heterocycles. The molecule has 1 N–H and O–H groups in total. The van der Waals surface area contributed by atoms with Gasteiger partial charge >= 0.3 is 6.18 Å². The van der Waals surface area contributed by atoms with Gasteiger partial charge in [0.05, 0.1) is 22.6 Å². The SMILES string of the molecule is Cc1occc1-c1nnc(S[C@H](C)C(=O)Nc2cccc(C(F)(F)F)c2)o1. The van der Waals surface area contributed by atoms with Crippen molar-refractivity contribution in [2.45, 2.75) is 30.5 Å². The number of alkyl halides is 3. The first kappa shape index (κ1) is 19.0. The first-order chi connectivity index (χ1) is 12.7. The van der Waals surface area contributed by atoms with Crippen LogP contribution in [0.3, 0.4) is 0 Å². The van der Waals surface area contributed by atoms with Crippen LogP contribution in [0.15, 0.2) is 50.7 Å². The lowest BCUT2D eigenvalue weighted by Gasteiger charge is -2.12. The quantitative estimate of drug-likeness (QED) is 0.624. The van der Waals surface area contributed by atoms with E-state index in [2.05, 4.69) is 15.5 Å². The summed E-state index contributed by atoms with van der Waals surface area (Å²) in [6, 6.07) is 6.11. The Morgan fingerprint density at radius 2 is 2.04 bits per heavy atom. The van der Waals surface area contributed by atoms with Crippen LogP contribution in [0.2, 0.25) is 0 Å². The van der Waals surface area contributed by atoms with E-state index in [9.17, 15) is 18.0 Å². The van der Waals surface area contributed by atoms with Crippen LogP contribution in [0.4, 0.5) is 18.9 Å². The van der Waals surface area contributed by atoms with E-state index in [0.717, 1.165) is 23.9 Å². The van der Waals surface area contributed by atoms with Gasteiger partial charge in [-0.05, 0) is 38.1 Å². The molecule has 1 amide bonds. The van der Waals surface area contributed by atoms with Crippen LogP contribution >= 0.6 is 11.8 Å². The number of aromatic nitrogens is 2. The second-order valence-corrected chi connectivity index (χ2v) is 6.88. The molecule has 6 nitrogen and oxygen atoms in total. The lowest BCUT2D eigenvalue weighted by Crippen LogP contribution is -2.22. The molecule has 0 radical (unpaired) electrons. The third kappa shape index (κ3) is 4.51. The van der Waals surface area contributed by atoms with Crippen molar-refractivity contribution in [3.05, 3.63) is 47.9 Å². The van der Waals surface area contributed by atoms with E-state index in [0.29, 0.717) is 11.3 Å².